The Morgan fingerprint density at radius 1 is 1.10 bits per heavy atom. The molecule has 30 heavy (non-hydrogen) atoms. The number of hydrogen-bond donors (Lipinski definition) is 0. The van der Waals surface area contributed by atoms with Crippen LogP contribution in [0.3, 0.4) is 0 Å². The molecule has 1 heterocycles. The number of rotatable bonds is 5. The van der Waals surface area contributed by atoms with Gasteiger partial charge in [-0.3, -0.25) is 4.79 Å². The predicted molar refractivity (Wildman–Crippen MR) is 124 cm³/mol. The van der Waals surface area contributed by atoms with Crippen molar-refractivity contribution in [2.24, 2.45) is 5.10 Å². The van der Waals surface area contributed by atoms with Gasteiger partial charge in [0.1, 0.15) is 18.2 Å². The van der Waals surface area contributed by atoms with Gasteiger partial charge in [-0.25, -0.2) is 4.98 Å². The summed E-state index contributed by atoms with van der Waals surface area (Å²) < 4.78 is 7.92. The highest BCUT2D eigenvalue weighted by molar-refractivity contribution is 9.10. The largest absolute Gasteiger partial charge is 0.489 e. The summed E-state index contributed by atoms with van der Waals surface area (Å²) in [6, 6.07) is 20.4. The summed E-state index contributed by atoms with van der Waals surface area (Å²) in [7, 11) is 0. The molecule has 7 heteroatoms. The lowest BCUT2D eigenvalue weighted by atomic mass is 10.2. The normalized spacial score (nSPS) is 11.3. The van der Waals surface area contributed by atoms with E-state index in [4.69, 9.17) is 16.3 Å². The highest BCUT2D eigenvalue weighted by atomic mass is 79.9. The first-order chi connectivity index (χ1) is 14.5. The zero-order chi connectivity index (χ0) is 21.1. The van der Waals surface area contributed by atoms with Crippen molar-refractivity contribution in [3.8, 4) is 5.75 Å². The fraction of sp³-hybridized carbons (Fsp3) is 0.0870. The van der Waals surface area contributed by atoms with Crippen molar-refractivity contribution < 1.29 is 4.74 Å². The Bertz CT molecular complexity index is 1280. The zero-order valence-electron chi connectivity index (χ0n) is 16.0. The number of aromatic nitrogens is 2. The van der Waals surface area contributed by atoms with E-state index in [1.807, 2.05) is 60.7 Å². The first kappa shape index (κ1) is 20.3. The summed E-state index contributed by atoms with van der Waals surface area (Å²) in [5, 5.41) is 5.55. The van der Waals surface area contributed by atoms with Crippen LogP contribution in [-0.4, -0.2) is 15.9 Å². The topological polar surface area (TPSA) is 56.5 Å². The van der Waals surface area contributed by atoms with Gasteiger partial charge in [-0.15, -0.1) is 0 Å². The molecule has 0 saturated carbocycles. The van der Waals surface area contributed by atoms with E-state index in [1.165, 1.54) is 4.68 Å². The average molecular weight is 483 g/mol. The summed E-state index contributed by atoms with van der Waals surface area (Å²) in [4.78, 5) is 17.2. The number of halogens is 2. The molecule has 0 bridgehead atoms. The third-order valence-corrected chi connectivity index (χ3v) is 5.24. The van der Waals surface area contributed by atoms with Gasteiger partial charge in [0.2, 0.25) is 0 Å². The van der Waals surface area contributed by atoms with Gasteiger partial charge in [0, 0.05) is 9.50 Å². The molecule has 4 aromatic rings. The lowest BCUT2D eigenvalue weighted by Gasteiger charge is -2.07. The van der Waals surface area contributed by atoms with E-state index in [2.05, 4.69) is 26.0 Å². The van der Waals surface area contributed by atoms with Crippen LogP contribution in [0.4, 0.5) is 0 Å². The number of aryl methyl sites for hydroxylation is 1. The minimum absolute atomic E-state index is 0.210. The molecule has 0 aliphatic rings. The maximum atomic E-state index is 12.8. The lowest BCUT2D eigenvalue weighted by molar-refractivity contribution is 0.306. The van der Waals surface area contributed by atoms with E-state index < -0.39 is 0 Å². The van der Waals surface area contributed by atoms with E-state index in [-0.39, 0.29) is 5.56 Å². The van der Waals surface area contributed by atoms with Gasteiger partial charge in [0.25, 0.3) is 5.56 Å². The Hall–Kier alpha value is -2.96. The van der Waals surface area contributed by atoms with Crippen molar-refractivity contribution in [2.45, 2.75) is 13.5 Å². The monoisotopic (exact) mass is 481 g/mol. The van der Waals surface area contributed by atoms with Crippen molar-refractivity contribution in [3.63, 3.8) is 0 Å². The molecule has 0 atom stereocenters. The molecular weight excluding hydrogens is 466 g/mol. The van der Waals surface area contributed by atoms with Gasteiger partial charge in [-0.2, -0.15) is 9.78 Å². The first-order valence-corrected chi connectivity index (χ1v) is 10.4. The molecule has 150 valence electrons. The van der Waals surface area contributed by atoms with E-state index in [1.54, 1.807) is 19.2 Å². The van der Waals surface area contributed by atoms with Crippen molar-refractivity contribution in [1.29, 1.82) is 0 Å². The molecule has 1 aromatic heterocycles. The third kappa shape index (κ3) is 4.61. The highest BCUT2D eigenvalue weighted by Crippen LogP contribution is 2.17. The maximum Gasteiger partial charge on any atom is 0.282 e. The second-order valence-corrected chi connectivity index (χ2v) is 8.02. The molecule has 0 aliphatic carbocycles. The second kappa shape index (κ2) is 8.81. The zero-order valence-corrected chi connectivity index (χ0v) is 18.4. The second-order valence-electron chi connectivity index (χ2n) is 6.67. The molecule has 0 N–H and O–H groups in total. The van der Waals surface area contributed by atoms with Gasteiger partial charge in [-0.1, -0.05) is 39.7 Å². The SMILES string of the molecule is Cc1nc2ccc(Br)cc2c(=O)n1N=Cc1ccc(OCc2ccc(Cl)cc2)cc1. The van der Waals surface area contributed by atoms with Crippen LogP contribution in [0.2, 0.25) is 5.02 Å². The van der Waals surface area contributed by atoms with Gasteiger partial charge < -0.3 is 4.74 Å². The van der Waals surface area contributed by atoms with Crippen LogP contribution in [-0.2, 0) is 6.61 Å². The first-order valence-electron chi connectivity index (χ1n) is 9.20. The Kier molecular flexibility index (Phi) is 5.97. The van der Waals surface area contributed by atoms with Crippen molar-refractivity contribution in [3.05, 3.63) is 104 Å². The minimum atomic E-state index is -0.210. The van der Waals surface area contributed by atoms with Crippen LogP contribution < -0.4 is 10.3 Å². The molecule has 0 unspecified atom stereocenters. The van der Waals surface area contributed by atoms with E-state index in [9.17, 15) is 4.79 Å². The fourth-order valence-corrected chi connectivity index (χ4v) is 3.40. The smallest absolute Gasteiger partial charge is 0.282 e. The number of nitrogens with zero attached hydrogens (tertiary/aromatic N) is 3. The molecule has 0 spiro atoms. The summed E-state index contributed by atoms with van der Waals surface area (Å²) in [6.45, 7) is 2.21. The Morgan fingerprint density at radius 3 is 2.57 bits per heavy atom. The van der Waals surface area contributed by atoms with Crippen LogP contribution in [0.1, 0.15) is 17.0 Å². The van der Waals surface area contributed by atoms with E-state index in [0.29, 0.717) is 28.4 Å². The van der Waals surface area contributed by atoms with Gasteiger partial charge in [0.15, 0.2) is 0 Å². The highest BCUT2D eigenvalue weighted by Gasteiger charge is 2.07. The van der Waals surface area contributed by atoms with Crippen LogP contribution in [0.25, 0.3) is 10.9 Å². The number of hydrogen-bond acceptors (Lipinski definition) is 4. The number of benzene rings is 3. The maximum absolute atomic E-state index is 12.8. The van der Waals surface area contributed by atoms with Gasteiger partial charge in [-0.05, 0) is 72.6 Å². The fourth-order valence-electron chi connectivity index (χ4n) is 2.92. The van der Waals surface area contributed by atoms with Crippen molar-refractivity contribution in [2.75, 3.05) is 0 Å². The molecule has 4 rings (SSSR count). The number of fused-ring (bicyclic) bond motifs is 1. The Balaban J connectivity index is 1.50. The van der Waals surface area contributed by atoms with E-state index >= 15 is 0 Å². The molecule has 3 aromatic carbocycles. The van der Waals surface area contributed by atoms with Crippen LogP contribution >= 0.6 is 27.5 Å². The predicted octanol–water partition coefficient (Wildman–Crippen LogP) is 5.58. The number of ether oxygens (including phenoxy) is 1. The third-order valence-electron chi connectivity index (χ3n) is 4.49. The quantitative estimate of drug-likeness (QED) is 0.349. The van der Waals surface area contributed by atoms with Crippen LogP contribution in [0, 0.1) is 6.92 Å². The summed E-state index contributed by atoms with van der Waals surface area (Å²) in [6.07, 6.45) is 1.63. The minimum Gasteiger partial charge on any atom is -0.489 e. The summed E-state index contributed by atoms with van der Waals surface area (Å²) >= 11 is 9.29. The van der Waals surface area contributed by atoms with E-state index in [0.717, 1.165) is 21.3 Å². The summed E-state index contributed by atoms with van der Waals surface area (Å²) in [5.41, 5.74) is 2.32. The Morgan fingerprint density at radius 2 is 1.83 bits per heavy atom. The summed E-state index contributed by atoms with van der Waals surface area (Å²) in [5.74, 6) is 1.27. The standard InChI is InChI=1S/C23H17BrClN3O2/c1-15-27-22-11-6-18(24)12-21(22)23(29)28(15)26-13-16-4-9-20(10-5-16)30-14-17-2-7-19(25)8-3-17/h2-13H,14H2,1H3. The van der Waals surface area contributed by atoms with Gasteiger partial charge in [0.05, 0.1) is 17.1 Å². The molecule has 0 fully saturated rings. The van der Waals surface area contributed by atoms with Crippen molar-refractivity contribution in [1.82, 2.24) is 9.66 Å². The van der Waals surface area contributed by atoms with Crippen LogP contribution in [0.5, 0.6) is 5.75 Å². The molecule has 0 aliphatic heterocycles. The average Bonchev–Trinajstić information content (AvgIpc) is 2.75. The Labute approximate surface area is 186 Å². The molecule has 5 nitrogen and oxygen atoms in total. The molecule has 0 saturated heterocycles. The lowest BCUT2D eigenvalue weighted by Crippen LogP contribution is -2.20. The van der Waals surface area contributed by atoms with Crippen molar-refractivity contribution >= 4 is 44.6 Å². The van der Waals surface area contributed by atoms with Crippen LogP contribution in [0.15, 0.2) is 81.1 Å². The molecular formula is C23H17BrClN3O2. The molecule has 0 radical (unpaired) electrons. The van der Waals surface area contributed by atoms with Gasteiger partial charge >= 0.3 is 0 Å². The molecule has 0 amide bonds.